The summed E-state index contributed by atoms with van der Waals surface area (Å²) in [6.07, 6.45) is -7.52. The lowest BCUT2D eigenvalue weighted by Gasteiger charge is -2.42. The molecule has 0 aromatic rings. The van der Waals surface area contributed by atoms with Gasteiger partial charge in [0.15, 0.2) is 6.10 Å². The Morgan fingerprint density at radius 1 is 0.500 bits per heavy atom. The first kappa shape index (κ1) is 21.4. The van der Waals surface area contributed by atoms with E-state index < -0.39 is 60.7 Å². The van der Waals surface area contributed by atoms with Gasteiger partial charge in [-0.05, 0) is 0 Å². The Morgan fingerprint density at radius 3 is 1.04 bits per heavy atom. The monoisotopic (exact) mass is 376 g/mol. The minimum atomic E-state index is -1.57. The summed E-state index contributed by atoms with van der Waals surface area (Å²) in [7, 11) is 0. The van der Waals surface area contributed by atoms with Gasteiger partial charge in [0.2, 0.25) is 24.8 Å². The third kappa shape index (κ3) is 6.31. The Labute approximate surface area is 148 Å². The second-order valence-corrected chi connectivity index (χ2v) is 5.31. The Bertz CT molecular complexity index is 542. The van der Waals surface area contributed by atoms with Crippen LogP contribution in [0.5, 0.6) is 0 Å². The van der Waals surface area contributed by atoms with Crippen LogP contribution in [0.4, 0.5) is 0 Å². The van der Waals surface area contributed by atoms with Gasteiger partial charge >= 0.3 is 29.8 Å². The van der Waals surface area contributed by atoms with Crippen molar-refractivity contribution in [2.75, 3.05) is 0 Å². The molecule has 11 heteroatoms. The largest absolute Gasteiger partial charge is 0.454 e. The number of carbonyl (C=O) groups excluding carboxylic acids is 5. The minimum absolute atomic E-state index is 0.804. The molecule has 1 heterocycles. The normalized spacial score (nSPS) is 27.7. The summed E-state index contributed by atoms with van der Waals surface area (Å²) >= 11 is 0. The highest BCUT2D eigenvalue weighted by atomic mass is 16.8. The molecule has 1 aliphatic rings. The standard InChI is InChI=1S/C15H20O11/c1-6(16)21-11-12(22-7(2)17)14(24-9(4)19)26-15(25-10(5)20)13(11)23-8(3)18/h11-15H,1-5H3/t11?,12-,13-,14+,15?/m1/s1. The molecule has 5 atom stereocenters. The number of hydrogen-bond donors (Lipinski definition) is 0. The highest BCUT2D eigenvalue weighted by Gasteiger charge is 2.54. The van der Waals surface area contributed by atoms with Gasteiger partial charge in [-0.2, -0.15) is 0 Å². The summed E-state index contributed by atoms with van der Waals surface area (Å²) in [5.41, 5.74) is 0. The van der Waals surface area contributed by atoms with Crippen molar-refractivity contribution in [3.63, 3.8) is 0 Å². The topological polar surface area (TPSA) is 141 Å². The summed E-state index contributed by atoms with van der Waals surface area (Å²) in [4.78, 5) is 56.9. The van der Waals surface area contributed by atoms with Gasteiger partial charge in [-0.15, -0.1) is 0 Å². The maximum absolute atomic E-state index is 11.5. The van der Waals surface area contributed by atoms with E-state index in [1.54, 1.807) is 0 Å². The fourth-order valence-corrected chi connectivity index (χ4v) is 2.25. The van der Waals surface area contributed by atoms with E-state index in [0.29, 0.717) is 0 Å². The van der Waals surface area contributed by atoms with E-state index in [4.69, 9.17) is 28.4 Å². The van der Waals surface area contributed by atoms with Gasteiger partial charge in [-0.3, -0.25) is 28.7 Å². The number of esters is 5. The van der Waals surface area contributed by atoms with Crippen LogP contribution >= 0.6 is 0 Å². The van der Waals surface area contributed by atoms with Crippen LogP contribution in [0, 0.1) is 0 Å². The van der Waals surface area contributed by atoms with E-state index in [-0.39, 0.29) is 0 Å². The first-order valence-electron chi connectivity index (χ1n) is 7.52. The molecule has 0 aromatic carbocycles. The fourth-order valence-electron chi connectivity index (χ4n) is 2.25. The second-order valence-electron chi connectivity index (χ2n) is 5.31. The van der Waals surface area contributed by atoms with Gasteiger partial charge in [-0.1, -0.05) is 0 Å². The molecule has 1 aliphatic heterocycles. The van der Waals surface area contributed by atoms with Crippen molar-refractivity contribution in [3.8, 4) is 0 Å². The van der Waals surface area contributed by atoms with Crippen LogP contribution in [0.2, 0.25) is 0 Å². The van der Waals surface area contributed by atoms with E-state index in [2.05, 4.69) is 0 Å². The summed E-state index contributed by atoms with van der Waals surface area (Å²) in [5, 5.41) is 0. The molecular formula is C15H20O11. The Hall–Kier alpha value is -2.69. The number of hydrogen-bond acceptors (Lipinski definition) is 11. The van der Waals surface area contributed by atoms with Crippen LogP contribution < -0.4 is 0 Å². The predicted molar refractivity (Wildman–Crippen MR) is 78.9 cm³/mol. The quantitative estimate of drug-likeness (QED) is 0.456. The maximum atomic E-state index is 11.5. The molecule has 0 amide bonds. The molecule has 1 saturated heterocycles. The Balaban J connectivity index is 3.32. The highest BCUT2D eigenvalue weighted by molar-refractivity contribution is 5.69. The lowest BCUT2D eigenvalue weighted by Crippen LogP contribution is -2.62. The van der Waals surface area contributed by atoms with Crippen molar-refractivity contribution in [1.29, 1.82) is 0 Å². The van der Waals surface area contributed by atoms with Gasteiger partial charge in [0.1, 0.15) is 0 Å². The smallest absolute Gasteiger partial charge is 0.305 e. The Morgan fingerprint density at radius 2 is 0.769 bits per heavy atom. The number of ether oxygens (including phenoxy) is 6. The first-order valence-corrected chi connectivity index (χ1v) is 7.52. The number of rotatable bonds is 5. The van der Waals surface area contributed by atoms with Crippen molar-refractivity contribution in [2.45, 2.75) is 65.5 Å². The molecule has 1 fully saturated rings. The summed E-state index contributed by atoms with van der Waals surface area (Å²) < 4.78 is 30.3. The fraction of sp³-hybridized carbons (Fsp3) is 0.667. The number of carbonyl (C=O) groups is 5. The van der Waals surface area contributed by atoms with E-state index >= 15 is 0 Å². The SMILES string of the molecule is CC(=O)OC1O[C@H](OC(C)=O)[C@H](OC(C)=O)C(OC(C)=O)[C@H]1OC(C)=O. The van der Waals surface area contributed by atoms with Gasteiger partial charge in [0.25, 0.3) is 0 Å². The molecule has 0 aliphatic carbocycles. The van der Waals surface area contributed by atoms with Crippen LogP contribution in [-0.4, -0.2) is 60.7 Å². The van der Waals surface area contributed by atoms with Crippen LogP contribution in [0.25, 0.3) is 0 Å². The predicted octanol–water partition coefficient (Wildman–Crippen LogP) is -0.410. The van der Waals surface area contributed by atoms with Crippen molar-refractivity contribution in [2.24, 2.45) is 0 Å². The van der Waals surface area contributed by atoms with E-state index in [9.17, 15) is 24.0 Å². The molecule has 1 rings (SSSR count). The minimum Gasteiger partial charge on any atom is -0.454 e. The summed E-state index contributed by atoms with van der Waals surface area (Å²) in [5.74, 6) is -4.03. The zero-order valence-electron chi connectivity index (χ0n) is 14.9. The lowest BCUT2D eigenvalue weighted by atomic mass is 10.0. The van der Waals surface area contributed by atoms with Crippen molar-refractivity contribution >= 4 is 29.8 Å². The molecule has 0 aromatic heterocycles. The molecule has 26 heavy (non-hydrogen) atoms. The molecule has 11 nitrogen and oxygen atoms in total. The zero-order valence-corrected chi connectivity index (χ0v) is 14.9. The first-order chi connectivity index (χ1) is 12.0. The molecule has 0 spiro atoms. The summed E-state index contributed by atoms with van der Waals surface area (Å²) in [6.45, 7) is 5.32. The lowest BCUT2D eigenvalue weighted by molar-refractivity contribution is -0.336. The van der Waals surface area contributed by atoms with Crippen LogP contribution in [0.1, 0.15) is 34.6 Å². The second kappa shape index (κ2) is 9.13. The van der Waals surface area contributed by atoms with Crippen LogP contribution in [0.3, 0.4) is 0 Å². The molecule has 0 saturated carbocycles. The van der Waals surface area contributed by atoms with Crippen LogP contribution in [-0.2, 0) is 52.4 Å². The zero-order chi connectivity index (χ0) is 20.0. The van der Waals surface area contributed by atoms with Crippen molar-refractivity contribution < 1.29 is 52.4 Å². The van der Waals surface area contributed by atoms with Gasteiger partial charge < -0.3 is 23.7 Å². The highest BCUT2D eigenvalue weighted by Crippen LogP contribution is 2.30. The molecule has 0 radical (unpaired) electrons. The third-order valence-corrected chi connectivity index (χ3v) is 2.92. The van der Waals surface area contributed by atoms with Crippen molar-refractivity contribution in [1.82, 2.24) is 0 Å². The molecule has 2 unspecified atom stereocenters. The van der Waals surface area contributed by atoms with Crippen LogP contribution in [0.15, 0.2) is 0 Å². The maximum Gasteiger partial charge on any atom is 0.305 e. The molecule has 146 valence electrons. The third-order valence-electron chi connectivity index (χ3n) is 2.92. The van der Waals surface area contributed by atoms with E-state index in [1.807, 2.05) is 0 Å². The molecular weight excluding hydrogens is 356 g/mol. The molecule has 0 N–H and O–H groups in total. The molecule has 0 bridgehead atoms. The average molecular weight is 376 g/mol. The Kier molecular flexibility index (Phi) is 7.50. The average Bonchev–Trinajstić information content (AvgIpc) is 2.44. The van der Waals surface area contributed by atoms with E-state index in [0.717, 1.165) is 34.6 Å². The van der Waals surface area contributed by atoms with E-state index in [1.165, 1.54) is 0 Å². The van der Waals surface area contributed by atoms with Crippen molar-refractivity contribution in [3.05, 3.63) is 0 Å². The van der Waals surface area contributed by atoms with Gasteiger partial charge in [0.05, 0.1) is 0 Å². The summed E-state index contributed by atoms with van der Waals surface area (Å²) in [6, 6.07) is 0. The van der Waals surface area contributed by atoms with Gasteiger partial charge in [0, 0.05) is 34.6 Å². The van der Waals surface area contributed by atoms with Gasteiger partial charge in [-0.25, -0.2) is 0 Å².